The van der Waals surface area contributed by atoms with Crippen LogP contribution < -0.4 is 21.9 Å². The van der Waals surface area contributed by atoms with Gasteiger partial charge in [0.05, 0.1) is 23.4 Å². The van der Waals surface area contributed by atoms with Gasteiger partial charge in [0.25, 0.3) is 0 Å². The SMILES string of the molecule is Cc1cnc(NCCc2ccccc2)c(=O)n1-n1nc(N)c2ccc(C(C)NC=O)cc21. The van der Waals surface area contributed by atoms with Crippen LogP contribution in [0.3, 0.4) is 0 Å². The number of nitrogens with two attached hydrogens (primary N) is 1. The number of aromatic nitrogens is 4. The molecule has 9 heteroatoms. The van der Waals surface area contributed by atoms with Crippen LogP contribution in [-0.4, -0.2) is 32.5 Å². The van der Waals surface area contributed by atoms with Crippen molar-refractivity contribution in [3.63, 3.8) is 0 Å². The number of nitrogen functional groups attached to an aromatic ring is 1. The number of carbonyl (C=O) groups excluding carboxylic acids is 1. The van der Waals surface area contributed by atoms with E-state index in [4.69, 9.17) is 5.73 Å². The van der Waals surface area contributed by atoms with Gasteiger partial charge in [-0.1, -0.05) is 36.4 Å². The van der Waals surface area contributed by atoms with Gasteiger partial charge in [-0.3, -0.25) is 9.59 Å². The van der Waals surface area contributed by atoms with Crippen molar-refractivity contribution in [3.8, 4) is 0 Å². The van der Waals surface area contributed by atoms with Crippen molar-refractivity contribution in [1.29, 1.82) is 0 Å². The molecule has 0 fully saturated rings. The number of nitrogens with zero attached hydrogens (tertiary/aromatic N) is 4. The van der Waals surface area contributed by atoms with Crippen molar-refractivity contribution >= 4 is 28.9 Å². The fourth-order valence-corrected chi connectivity index (χ4v) is 3.62. The predicted octanol–water partition coefficient (Wildman–Crippen LogP) is 2.26. The first kappa shape index (κ1) is 21.1. The molecule has 1 atom stereocenters. The molecule has 0 aliphatic carbocycles. The van der Waals surface area contributed by atoms with Crippen LogP contribution in [0.1, 0.15) is 29.8 Å². The lowest BCUT2D eigenvalue weighted by Crippen LogP contribution is -2.32. The molecule has 0 spiro atoms. The number of fused-ring (bicyclic) bond motifs is 1. The van der Waals surface area contributed by atoms with Crippen LogP contribution in [0.15, 0.2) is 59.5 Å². The van der Waals surface area contributed by atoms with Gasteiger partial charge in [0, 0.05) is 11.9 Å². The average molecular weight is 432 g/mol. The molecule has 1 amide bonds. The van der Waals surface area contributed by atoms with E-state index in [1.54, 1.807) is 13.1 Å². The Hall–Kier alpha value is -4.14. The number of amides is 1. The van der Waals surface area contributed by atoms with Crippen LogP contribution in [0.5, 0.6) is 0 Å². The van der Waals surface area contributed by atoms with Gasteiger partial charge in [-0.05, 0) is 43.5 Å². The Balaban J connectivity index is 1.71. The Morgan fingerprint density at radius 3 is 2.72 bits per heavy atom. The van der Waals surface area contributed by atoms with Crippen LogP contribution >= 0.6 is 0 Å². The zero-order valence-corrected chi connectivity index (χ0v) is 17.9. The minimum atomic E-state index is -0.327. The first-order valence-corrected chi connectivity index (χ1v) is 10.3. The van der Waals surface area contributed by atoms with Crippen LogP contribution in [0.2, 0.25) is 0 Å². The van der Waals surface area contributed by atoms with E-state index in [1.807, 2.05) is 55.5 Å². The summed E-state index contributed by atoms with van der Waals surface area (Å²) in [7, 11) is 0. The highest BCUT2D eigenvalue weighted by Crippen LogP contribution is 2.25. The fourth-order valence-electron chi connectivity index (χ4n) is 3.62. The van der Waals surface area contributed by atoms with Gasteiger partial charge in [-0.25, -0.2) is 4.98 Å². The number of hydrogen-bond acceptors (Lipinski definition) is 6. The van der Waals surface area contributed by atoms with Crippen LogP contribution in [0.4, 0.5) is 11.6 Å². The molecule has 9 nitrogen and oxygen atoms in total. The zero-order valence-electron chi connectivity index (χ0n) is 17.9. The molecule has 4 rings (SSSR count). The molecule has 2 aromatic heterocycles. The molecule has 0 aliphatic rings. The molecule has 0 bridgehead atoms. The lowest BCUT2D eigenvalue weighted by atomic mass is 10.1. The normalized spacial score (nSPS) is 11.9. The number of carbonyl (C=O) groups is 1. The van der Waals surface area contributed by atoms with E-state index in [9.17, 15) is 9.59 Å². The Kier molecular flexibility index (Phi) is 5.89. The average Bonchev–Trinajstić information content (AvgIpc) is 3.12. The molecule has 4 aromatic rings. The Labute approximate surface area is 184 Å². The number of nitrogens with one attached hydrogen (secondary N) is 2. The lowest BCUT2D eigenvalue weighted by Gasteiger charge is -2.14. The van der Waals surface area contributed by atoms with E-state index >= 15 is 0 Å². The molecule has 164 valence electrons. The van der Waals surface area contributed by atoms with Crippen molar-refractivity contribution in [2.45, 2.75) is 26.3 Å². The second kappa shape index (κ2) is 8.93. The van der Waals surface area contributed by atoms with Crippen molar-refractivity contribution in [3.05, 3.63) is 81.9 Å². The summed E-state index contributed by atoms with van der Waals surface area (Å²) in [5.41, 5.74) is 9.11. The summed E-state index contributed by atoms with van der Waals surface area (Å²) < 4.78 is 1.44. The van der Waals surface area contributed by atoms with Crippen molar-refractivity contribution < 1.29 is 4.79 Å². The minimum absolute atomic E-state index is 0.202. The summed E-state index contributed by atoms with van der Waals surface area (Å²) in [5, 5.41) is 11.0. The van der Waals surface area contributed by atoms with Gasteiger partial charge < -0.3 is 16.4 Å². The standard InChI is InChI=1S/C23H25N7O2/c1-15-13-26-22(25-11-10-17-6-4-3-5-7-17)23(32)29(15)30-20-12-18(16(2)27-14-31)8-9-19(20)21(24)28-30/h3-9,12-14,16H,10-11H2,1-2H3,(H2,24,28)(H,25,26)(H,27,31). The maximum absolute atomic E-state index is 13.3. The van der Waals surface area contributed by atoms with Gasteiger partial charge >= 0.3 is 5.56 Å². The summed E-state index contributed by atoms with van der Waals surface area (Å²) in [6.07, 6.45) is 3.04. The lowest BCUT2D eigenvalue weighted by molar-refractivity contribution is -0.110. The monoisotopic (exact) mass is 431 g/mol. The number of anilines is 2. The van der Waals surface area contributed by atoms with Gasteiger partial charge in [-0.15, -0.1) is 5.10 Å². The predicted molar refractivity (Wildman–Crippen MR) is 124 cm³/mol. The molecule has 2 aromatic carbocycles. The molecule has 4 N–H and O–H groups in total. The second-order valence-corrected chi connectivity index (χ2v) is 7.58. The van der Waals surface area contributed by atoms with Crippen LogP contribution in [0.25, 0.3) is 10.9 Å². The molecular weight excluding hydrogens is 406 g/mol. The smallest absolute Gasteiger partial charge is 0.313 e. The highest BCUT2D eigenvalue weighted by molar-refractivity contribution is 5.89. The number of benzene rings is 2. The van der Waals surface area contributed by atoms with Gasteiger partial charge in [0.2, 0.25) is 6.41 Å². The Morgan fingerprint density at radius 2 is 1.97 bits per heavy atom. The molecule has 0 aliphatic heterocycles. The molecule has 32 heavy (non-hydrogen) atoms. The summed E-state index contributed by atoms with van der Waals surface area (Å²) in [4.78, 5) is 29.9. The van der Waals surface area contributed by atoms with E-state index in [-0.39, 0.29) is 17.4 Å². The van der Waals surface area contributed by atoms with Crippen molar-refractivity contribution in [2.24, 2.45) is 0 Å². The third-order valence-electron chi connectivity index (χ3n) is 5.38. The molecule has 2 heterocycles. The quantitative estimate of drug-likeness (QED) is 0.368. The number of rotatable bonds is 8. The third kappa shape index (κ3) is 4.04. The molecular formula is C23H25N7O2. The first-order valence-electron chi connectivity index (χ1n) is 10.3. The van der Waals surface area contributed by atoms with Gasteiger partial charge in [-0.2, -0.15) is 9.47 Å². The van der Waals surface area contributed by atoms with Gasteiger partial charge in [0.15, 0.2) is 11.6 Å². The third-order valence-corrected chi connectivity index (χ3v) is 5.38. The second-order valence-electron chi connectivity index (χ2n) is 7.58. The summed E-state index contributed by atoms with van der Waals surface area (Å²) in [5.74, 6) is 0.546. The van der Waals surface area contributed by atoms with E-state index in [0.29, 0.717) is 35.4 Å². The summed E-state index contributed by atoms with van der Waals surface area (Å²) in [6.45, 7) is 4.22. The van der Waals surface area contributed by atoms with Crippen molar-refractivity contribution in [2.75, 3.05) is 17.6 Å². The van der Waals surface area contributed by atoms with E-state index < -0.39 is 0 Å². The van der Waals surface area contributed by atoms with E-state index in [1.165, 1.54) is 15.0 Å². The minimum Gasteiger partial charge on any atom is -0.382 e. The van der Waals surface area contributed by atoms with E-state index in [0.717, 1.165) is 12.0 Å². The Bertz CT molecular complexity index is 1310. The maximum atomic E-state index is 13.3. The molecule has 0 radical (unpaired) electrons. The zero-order chi connectivity index (χ0) is 22.7. The van der Waals surface area contributed by atoms with Crippen molar-refractivity contribution in [1.82, 2.24) is 24.9 Å². The molecule has 1 unspecified atom stereocenters. The van der Waals surface area contributed by atoms with Gasteiger partial charge in [0.1, 0.15) is 0 Å². The fraction of sp³-hybridized carbons (Fsp3) is 0.217. The Morgan fingerprint density at radius 1 is 1.19 bits per heavy atom. The van der Waals surface area contributed by atoms with E-state index in [2.05, 4.69) is 20.7 Å². The maximum Gasteiger partial charge on any atom is 0.313 e. The largest absolute Gasteiger partial charge is 0.382 e. The highest BCUT2D eigenvalue weighted by Gasteiger charge is 2.16. The first-order chi connectivity index (χ1) is 15.5. The number of aryl methyl sites for hydroxylation is 1. The van der Waals surface area contributed by atoms with Crippen LogP contribution in [-0.2, 0) is 11.2 Å². The van der Waals surface area contributed by atoms with Crippen LogP contribution in [0, 0.1) is 6.92 Å². The topological polar surface area (TPSA) is 120 Å². The molecule has 0 saturated heterocycles. The highest BCUT2D eigenvalue weighted by atomic mass is 16.1. The molecule has 0 saturated carbocycles. The summed E-state index contributed by atoms with van der Waals surface area (Å²) in [6, 6.07) is 15.4. The summed E-state index contributed by atoms with van der Waals surface area (Å²) >= 11 is 0. The number of hydrogen-bond donors (Lipinski definition) is 3.